The summed E-state index contributed by atoms with van der Waals surface area (Å²) < 4.78 is 4.97. The minimum atomic E-state index is -0.0240. The molecule has 1 unspecified atom stereocenters. The highest BCUT2D eigenvalue weighted by Gasteiger charge is 1.95. The van der Waals surface area contributed by atoms with Gasteiger partial charge in [-0.1, -0.05) is 6.08 Å². The molecule has 0 fully saturated rings. The van der Waals surface area contributed by atoms with Gasteiger partial charge in [-0.25, -0.2) is 0 Å². The fourth-order valence-electron chi connectivity index (χ4n) is 0.367. The molecule has 0 spiro atoms. The van der Waals surface area contributed by atoms with Crippen molar-refractivity contribution in [3.8, 4) is 0 Å². The van der Waals surface area contributed by atoms with Crippen LogP contribution in [0.15, 0.2) is 24.9 Å². The van der Waals surface area contributed by atoms with Crippen LogP contribution < -0.4 is 5.06 Å². The van der Waals surface area contributed by atoms with E-state index < -0.39 is 0 Å². The Morgan fingerprint density at radius 1 is 1.80 bits per heavy atom. The molecule has 1 atom stereocenters. The summed E-state index contributed by atoms with van der Waals surface area (Å²) in [6.07, 6.45) is 1.63. The van der Waals surface area contributed by atoms with Crippen LogP contribution >= 0.6 is 0 Å². The lowest BCUT2D eigenvalue weighted by molar-refractivity contribution is -0.784. The Hall–Kier alpha value is -0.640. The zero-order valence-electron chi connectivity index (χ0n) is 6.22. The Labute approximate surface area is 61.2 Å². The van der Waals surface area contributed by atoms with Gasteiger partial charge >= 0.3 is 0 Å². The fourth-order valence-corrected chi connectivity index (χ4v) is 0.367. The first-order chi connectivity index (χ1) is 4.68. The standard InChI is InChI=1S/C7H13NO2/c1-4-5-10-6-7(2)8(3)9/h4,8H,1-2,5-6H2,3H3. The number of hydrogen-bond acceptors (Lipinski definition) is 2. The average molecular weight is 143 g/mol. The normalized spacial score (nSPS) is 12.6. The Balaban J connectivity index is 3.30. The number of likely N-dealkylation sites (N-methyl/N-ethyl adjacent to an activating group) is 1. The maximum Gasteiger partial charge on any atom is 0.126 e. The van der Waals surface area contributed by atoms with Crippen LogP contribution in [0.5, 0.6) is 0 Å². The van der Waals surface area contributed by atoms with E-state index in [9.17, 15) is 5.21 Å². The van der Waals surface area contributed by atoms with E-state index in [-0.39, 0.29) is 5.06 Å². The van der Waals surface area contributed by atoms with E-state index in [1.165, 1.54) is 7.05 Å². The third-order valence-corrected chi connectivity index (χ3v) is 1.01. The van der Waals surface area contributed by atoms with Crippen molar-refractivity contribution in [1.82, 2.24) is 0 Å². The predicted octanol–water partition coefficient (Wildman–Crippen LogP) is -0.285. The molecule has 0 amide bonds. The lowest BCUT2D eigenvalue weighted by Gasteiger charge is -2.17. The van der Waals surface area contributed by atoms with Crippen molar-refractivity contribution in [2.75, 3.05) is 20.3 Å². The fraction of sp³-hybridized carbons (Fsp3) is 0.429. The number of nitrogens with one attached hydrogen (secondary N) is 1. The molecule has 0 aliphatic heterocycles. The number of ether oxygens (including phenoxy) is 1. The van der Waals surface area contributed by atoms with Gasteiger partial charge in [-0.2, -0.15) is 0 Å². The van der Waals surface area contributed by atoms with Gasteiger partial charge in [0, 0.05) is 0 Å². The molecule has 0 saturated carbocycles. The molecule has 58 valence electrons. The van der Waals surface area contributed by atoms with E-state index in [1.54, 1.807) is 6.08 Å². The molecule has 1 N–H and O–H groups in total. The Morgan fingerprint density at radius 3 is 2.80 bits per heavy atom. The molecule has 0 heterocycles. The van der Waals surface area contributed by atoms with Gasteiger partial charge in [-0.3, -0.25) is 0 Å². The molecule has 0 saturated heterocycles. The number of hydroxylamine groups is 2. The molecule has 0 aliphatic carbocycles. The van der Waals surface area contributed by atoms with Crippen LogP contribution in [0.2, 0.25) is 0 Å². The summed E-state index contributed by atoms with van der Waals surface area (Å²) in [6, 6.07) is 0. The second-order valence-corrected chi connectivity index (χ2v) is 1.96. The molecule has 0 aromatic carbocycles. The highest BCUT2D eigenvalue weighted by Crippen LogP contribution is 1.80. The van der Waals surface area contributed by atoms with Crippen molar-refractivity contribution in [3.05, 3.63) is 30.1 Å². The van der Waals surface area contributed by atoms with Gasteiger partial charge in [-0.15, -0.1) is 6.58 Å². The van der Waals surface area contributed by atoms with Crippen molar-refractivity contribution in [1.29, 1.82) is 0 Å². The minimum Gasteiger partial charge on any atom is -0.629 e. The smallest absolute Gasteiger partial charge is 0.126 e. The van der Waals surface area contributed by atoms with Gasteiger partial charge in [-0.05, 0) is 6.58 Å². The molecule has 0 bridgehead atoms. The van der Waals surface area contributed by atoms with Crippen LogP contribution in [0.25, 0.3) is 0 Å². The highest BCUT2D eigenvalue weighted by molar-refractivity contribution is 4.79. The van der Waals surface area contributed by atoms with Gasteiger partial charge in [0.25, 0.3) is 0 Å². The summed E-state index contributed by atoms with van der Waals surface area (Å²) in [7, 11) is 1.47. The summed E-state index contributed by atoms with van der Waals surface area (Å²) >= 11 is 0. The first-order valence-electron chi connectivity index (χ1n) is 3.06. The maximum atomic E-state index is 10.5. The van der Waals surface area contributed by atoms with E-state index in [0.717, 1.165) is 0 Å². The predicted molar refractivity (Wildman–Crippen MR) is 40.4 cm³/mol. The largest absolute Gasteiger partial charge is 0.629 e. The molecule has 0 rings (SSSR count). The molecule has 3 heteroatoms. The molecule has 10 heavy (non-hydrogen) atoms. The SMILES string of the molecule is C=CCOCC(=C)[NH+](C)[O-]. The average Bonchev–Trinajstić information content (AvgIpc) is 1.88. The maximum absolute atomic E-state index is 10.5. The highest BCUT2D eigenvalue weighted by atomic mass is 16.5. The minimum absolute atomic E-state index is 0.0240. The Bertz CT molecular complexity index is 121. The molecular weight excluding hydrogens is 130 g/mol. The Kier molecular flexibility index (Phi) is 4.84. The monoisotopic (exact) mass is 143 g/mol. The first-order valence-corrected chi connectivity index (χ1v) is 3.06. The third-order valence-electron chi connectivity index (χ3n) is 1.01. The van der Waals surface area contributed by atoms with Crippen molar-refractivity contribution >= 4 is 0 Å². The molecule has 0 aromatic heterocycles. The summed E-state index contributed by atoms with van der Waals surface area (Å²) in [5.41, 5.74) is 0.502. The Morgan fingerprint density at radius 2 is 2.40 bits per heavy atom. The van der Waals surface area contributed by atoms with Crippen LogP contribution in [0.1, 0.15) is 0 Å². The van der Waals surface area contributed by atoms with Gasteiger partial charge in [0.1, 0.15) is 12.3 Å². The van der Waals surface area contributed by atoms with E-state index in [0.29, 0.717) is 18.9 Å². The summed E-state index contributed by atoms with van der Waals surface area (Å²) in [5.74, 6) is 0. The van der Waals surface area contributed by atoms with Gasteiger partial charge in [0.05, 0.1) is 13.7 Å². The molecule has 3 nitrogen and oxygen atoms in total. The van der Waals surface area contributed by atoms with Crippen LogP contribution in [0.4, 0.5) is 0 Å². The second-order valence-electron chi connectivity index (χ2n) is 1.96. The lowest BCUT2D eigenvalue weighted by Crippen LogP contribution is -3.02. The summed E-state index contributed by atoms with van der Waals surface area (Å²) in [4.78, 5) is 0. The summed E-state index contributed by atoms with van der Waals surface area (Å²) in [5, 5.41) is 10.5. The summed E-state index contributed by atoms with van der Waals surface area (Å²) in [6.45, 7) is 7.75. The lowest BCUT2D eigenvalue weighted by atomic mass is 10.5. The van der Waals surface area contributed by atoms with E-state index in [4.69, 9.17) is 4.74 Å². The zero-order valence-corrected chi connectivity index (χ0v) is 6.22. The molecule has 0 aromatic rings. The van der Waals surface area contributed by atoms with Crippen molar-refractivity contribution in [2.24, 2.45) is 0 Å². The van der Waals surface area contributed by atoms with Gasteiger partial charge in [0.2, 0.25) is 0 Å². The first kappa shape index (κ1) is 9.36. The van der Waals surface area contributed by atoms with Gasteiger partial charge in [0.15, 0.2) is 0 Å². The van der Waals surface area contributed by atoms with E-state index >= 15 is 0 Å². The molecule has 0 aliphatic rings. The third kappa shape index (κ3) is 4.26. The van der Waals surface area contributed by atoms with Gasteiger partial charge < -0.3 is 15.0 Å². The second kappa shape index (κ2) is 5.17. The zero-order chi connectivity index (χ0) is 7.98. The number of rotatable bonds is 5. The van der Waals surface area contributed by atoms with Crippen molar-refractivity contribution in [3.63, 3.8) is 0 Å². The van der Waals surface area contributed by atoms with Crippen molar-refractivity contribution in [2.45, 2.75) is 0 Å². The van der Waals surface area contributed by atoms with Crippen LogP contribution in [0, 0.1) is 5.21 Å². The number of hydrogen-bond donors (Lipinski definition) is 1. The van der Waals surface area contributed by atoms with E-state index in [1.807, 2.05) is 0 Å². The van der Waals surface area contributed by atoms with Crippen LogP contribution in [-0.4, -0.2) is 20.3 Å². The molecular formula is C7H13NO2. The van der Waals surface area contributed by atoms with E-state index in [2.05, 4.69) is 13.2 Å². The number of quaternary nitrogens is 1. The van der Waals surface area contributed by atoms with Crippen LogP contribution in [-0.2, 0) is 4.74 Å². The molecule has 0 radical (unpaired) electrons. The topological polar surface area (TPSA) is 36.7 Å². The van der Waals surface area contributed by atoms with Crippen molar-refractivity contribution < 1.29 is 9.80 Å². The van der Waals surface area contributed by atoms with Crippen LogP contribution in [0.3, 0.4) is 0 Å². The quantitative estimate of drug-likeness (QED) is 0.326.